The van der Waals surface area contributed by atoms with Gasteiger partial charge in [0.2, 0.25) is 4.96 Å². The standard InChI is InChI=1S/C30H22ClN5O2S/c1-3-15-38-24-13-14-25(19(2)16-24)27-21(18-35(33-27)23-7-5-4-6-8-23)17-26-29(37)36-30(39-26)32-28(34-36)20-9-11-22(31)12-10-20/h3-14,16-18H,1,15H2,2H3/b26-17-. The van der Waals surface area contributed by atoms with Gasteiger partial charge in [0.05, 0.1) is 10.2 Å². The number of hydrogen-bond donors (Lipinski definition) is 0. The van der Waals surface area contributed by atoms with Gasteiger partial charge in [-0.05, 0) is 73.2 Å². The molecule has 0 fully saturated rings. The van der Waals surface area contributed by atoms with E-state index in [4.69, 9.17) is 21.4 Å². The molecule has 6 aromatic rings. The van der Waals surface area contributed by atoms with E-state index in [1.807, 2.05) is 84.5 Å². The first-order valence-corrected chi connectivity index (χ1v) is 13.4. The molecule has 192 valence electrons. The monoisotopic (exact) mass is 551 g/mol. The Morgan fingerprint density at radius 1 is 1.05 bits per heavy atom. The average Bonchev–Trinajstić information content (AvgIpc) is 3.64. The van der Waals surface area contributed by atoms with Crippen molar-refractivity contribution in [2.24, 2.45) is 0 Å². The third-order valence-electron chi connectivity index (χ3n) is 6.15. The highest BCUT2D eigenvalue weighted by molar-refractivity contribution is 7.15. The number of nitrogens with zero attached hydrogens (tertiary/aromatic N) is 5. The summed E-state index contributed by atoms with van der Waals surface area (Å²) in [5, 5.41) is 10.00. The fraction of sp³-hybridized carbons (Fsp3) is 0.0667. The zero-order valence-corrected chi connectivity index (χ0v) is 22.5. The van der Waals surface area contributed by atoms with Gasteiger partial charge in [-0.1, -0.05) is 53.8 Å². The molecule has 0 N–H and O–H groups in total. The van der Waals surface area contributed by atoms with Gasteiger partial charge in [0.15, 0.2) is 5.82 Å². The summed E-state index contributed by atoms with van der Waals surface area (Å²) < 4.78 is 9.39. The first kappa shape index (κ1) is 24.8. The van der Waals surface area contributed by atoms with Crippen LogP contribution in [-0.2, 0) is 0 Å². The maximum atomic E-state index is 13.3. The Labute approximate surface area is 232 Å². The molecule has 39 heavy (non-hydrogen) atoms. The van der Waals surface area contributed by atoms with Crippen molar-refractivity contribution >= 4 is 34.0 Å². The second kappa shape index (κ2) is 10.3. The summed E-state index contributed by atoms with van der Waals surface area (Å²) in [6, 6.07) is 23.0. The van der Waals surface area contributed by atoms with Gasteiger partial charge in [0.25, 0.3) is 5.56 Å². The molecule has 3 heterocycles. The Morgan fingerprint density at radius 3 is 2.56 bits per heavy atom. The Kier molecular flexibility index (Phi) is 6.56. The highest BCUT2D eigenvalue weighted by Crippen LogP contribution is 2.30. The van der Waals surface area contributed by atoms with Crippen molar-refractivity contribution in [3.8, 4) is 34.1 Å². The van der Waals surface area contributed by atoms with Crippen LogP contribution in [0.1, 0.15) is 11.1 Å². The molecule has 0 bridgehead atoms. The van der Waals surface area contributed by atoms with E-state index in [1.165, 1.54) is 15.9 Å². The van der Waals surface area contributed by atoms with Crippen LogP contribution < -0.4 is 14.8 Å². The predicted octanol–water partition coefficient (Wildman–Crippen LogP) is 5.75. The molecule has 6 rings (SSSR count). The third kappa shape index (κ3) is 4.87. The van der Waals surface area contributed by atoms with Crippen LogP contribution in [0.25, 0.3) is 39.4 Å². The molecule has 0 amide bonds. The van der Waals surface area contributed by atoms with Crippen LogP contribution in [0.4, 0.5) is 0 Å². The van der Waals surface area contributed by atoms with Crippen molar-refractivity contribution in [1.29, 1.82) is 0 Å². The third-order valence-corrected chi connectivity index (χ3v) is 7.37. The summed E-state index contributed by atoms with van der Waals surface area (Å²) in [6.07, 6.45) is 5.50. The fourth-order valence-corrected chi connectivity index (χ4v) is 5.28. The number of rotatable bonds is 7. The highest BCUT2D eigenvalue weighted by Gasteiger charge is 2.16. The van der Waals surface area contributed by atoms with Gasteiger partial charge < -0.3 is 4.74 Å². The number of benzene rings is 3. The first-order valence-electron chi connectivity index (χ1n) is 12.2. The molecule has 9 heteroatoms. The molecule has 7 nitrogen and oxygen atoms in total. The molecule has 0 radical (unpaired) electrons. The van der Waals surface area contributed by atoms with Crippen molar-refractivity contribution in [2.45, 2.75) is 6.92 Å². The summed E-state index contributed by atoms with van der Waals surface area (Å²) in [7, 11) is 0. The van der Waals surface area contributed by atoms with Gasteiger partial charge in [-0.2, -0.15) is 14.6 Å². The zero-order chi connectivity index (χ0) is 26.9. The van der Waals surface area contributed by atoms with E-state index in [1.54, 1.807) is 18.2 Å². The topological polar surface area (TPSA) is 74.3 Å². The second-order valence-corrected chi connectivity index (χ2v) is 10.3. The van der Waals surface area contributed by atoms with Gasteiger partial charge >= 0.3 is 0 Å². The van der Waals surface area contributed by atoms with E-state index >= 15 is 0 Å². The van der Waals surface area contributed by atoms with E-state index in [-0.39, 0.29) is 5.56 Å². The molecule has 3 aromatic carbocycles. The molecule has 0 atom stereocenters. The van der Waals surface area contributed by atoms with Crippen LogP contribution in [0.3, 0.4) is 0 Å². The average molecular weight is 552 g/mol. The molecular weight excluding hydrogens is 530 g/mol. The number of aromatic nitrogens is 5. The van der Waals surface area contributed by atoms with E-state index in [2.05, 4.69) is 16.7 Å². The normalized spacial score (nSPS) is 11.8. The van der Waals surface area contributed by atoms with Crippen LogP contribution in [0.5, 0.6) is 5.75 Å². The smallest absolute Gasteiger partial charge is 0.291 e. The van der Waals surface area contributed by atoms with Crippen LogP contribution >= 0.6 is 22.9 Å². The number of para-hydroxylation sites is 1. The predicted molar refractivity (Wildman–Crippen MR) is 156 cm³/mol. The fourth-order valence-electron chi connectivity index (χ4n) is 4.26. The van der Waals surface area contributed by atoms with Crippen LogP contribution in [0.15, 0.2) is 96.4 Å². The lowest BCUT2D eigenvalue weighted by atomic mass is 10.0. The van der Waals surface area contributed by atoms with Crippen molar-refractivity contribution in [1.82, 2.24) is 24.4 Å². The van der Waals surface area contributed by atoms with Gasteiger partial charge in [-0.25, -0.2) is 4.68 Å². The molecule has 0 saturated heterocycles. The maximum absolute atomic E-state index is 13.3. The van der Waals surface area contributed by atoms with Crippen LogP contribution in [-0.4, -0.2) is 31.0 Å². The highest BCUT2D eigenvalue weighted by atomic mass is 35.5. The van der Waals surface area contributed by atoms with Crippen LogP contribution in [0.2, 0.25) is 5.02 Å². The zero-order valence-electron chi connectivity index (χ0n) is 20.9. The molecule has 0 unspecified atom stereocenters. The van der Waals surface area contributed by atoms with Gasteiger partial charge in [-0.3, -0.25) is 4.79 Å². The number of ether oxygens (including phenoxy) is 1. The summed E-state index contributed by atoms with van der Waals surface area (Å²) >= 11 is 7.29. The Hall–Kier alpha value is -4.53. The van der Waals surface area contributed by atoms with Crippen LogP contribution in [0, 0.1) is 6.92 Å². The number of fused-ring (bicyclic) bond motifs is 1. The molecule has 0 aliphatic heterocycles. The van der Waals surface area contributed by atoms with E-state index in [0.29, 0.717) is 26.9 Å². The quantitative estimate of drug-likeness (QED) is 0.236. The lowest BCUT2D eigenvalue weighted by molar-refractivity contribution is 0.363. The van der Waals surface area contributed by atoms with E-state index < -0.39 is 0 Å². The van der Waals surface area contributed by atoms with Gasteiger partial charge in [0.1, 0.15) is 18.1 Å². The molecule has 0 saturated carbocycles. The van der Waals surface area contributed by atoms with Gasteiger partial charge in [0, 0.05) is 27.9 Å². The lowest BCUT2D eigenvalue weighted by Gasteiger charge is -2.08. The van der Waals surface area contributed by atoms with E-state index in [9.17, 15) is 4.79 Å². The number of halogens is 1. The van der Waals surface area contributed by atoms with Crippen molar-refractivity contribution in [3.63, 3.8) is 0 Å². The Morgan fingerprint density at radius 2 is 1.85 bits per heavy atom. The summed E-state index contributed by atoms with van der Waals surface area (Å²) in [4.78, 5) is 18.4. The van der Waals surface area contributed by atoms with E-state index in [0.717, 1.165) is 39.4 Å². The number of aryl methyl sites for hydroxylation is 1. The molecule has 0 spiro atoms. The Bertz CT molecular complexity index is 1920. The number of thiazole rings is 1. The van der Waals surface area contributed by atoms with Gasteiger partial charge in [-0.15, -0.1) is 5.10 Å². The van der Waals surface area contributed by atoms with Crippen molar-refractivity contribution in [3.05, 3.63) is 123 Å². The summed E-state index contributed by atoms with van der Waals surface area (Å²) in [5.41, 5.74) is 4.99. The lowest BCUT2D eigenvalue weighted by Crippen LogP contribution is -2.23. The minimum absolute atomic E-state index is 0.231. The molecular formula is C30H22ClN5O2S. The largest absolute Gasteiger partial charge is 0.490 e. The number of hydrogen-bond acceptors (Lipinski definition) is 6. The molecule has 0 aliphatic rings. The van der Waals surface area contributed by atoms with Crippen molar-refractivity contribution < 1.29 is 4.74 Å². The maximum Gasteiger partial charge on any atom is 0.291 e. The minimum Gasteiger partial charge on any atom is -0.490 e. The Balaban J connectivity index is 1.46. The second-order valence-electron chi connectivity index (χ2n) is 8.84. The SMILES string of the molecule is C=CCOc1ccc(-c2nn(-c3ccccc3)cc2/C=c2\sc3nc(-c4ccc(Cl)cc4)nn3c2=O)c(C)c1. The summed E-state index contributed by atoms with van der Waals surface area (Å²) in [6.45, 7) is 6.15. The first-order chi connectivity index (χ1) is 19.0. The minimum atomic E-state index is -0.231. The molecule has 0 aliphatic carbocycles. The van der Waals surface area contributed by atoms with Crippen molar-refractivity contribution in [2.75, 3.05) is 6.61 Å². The molecule has 3 aromatic heterocycles. The summed E-state index contributed by atoms with van der Waals surface area (Å²) in [5.74, 6) is 1.24.